The third-order valence-electron chi connectivity index (χ3n) is 4.81. The first-order chi connectivity index (χ1) is 11.2. The quantitative estimate of drug-likeness (QED) is 0.816. The summed E-state index contributed by atoms with van der Waals surface area (Å²) in [5.74, 6) is -0.261. The zero-order chi connectivity index (χ0) is 16.1. The van der Waals surface area contributed by atoms with Gasteiger partial charge in [-0.2, -0.15) is 0 Å². The molecule has 0 bridgehead atoms. The van der Waals surface area contributed by atoms with Crippen molar-refractivity contribution in [2.75, 3.05) is 32.8 Å². The minimum Gasteiger partial charge on any atom is -0.381 e. The first-order valence-corrected chi connectivity index (χ1v) is 8.21. The van der Waals surface area contributed by atoms with Crippen LogP contribution in [-0.2, 0) is 14.9 Å². The average Bonchev–Trinajstić information content (AvgIpc) is 2.61. The fourth-order valence-corrected chi connectivity index (χ4v) is 3.33. The van der Waals surface area contributed by atoms with Crippen molar-refractivity contribution < 1.29 is 13.9 Å². The van der Waals surface area contributed by atoms with Gasteiger partial charge in [0.1, 0.15) is 5.82 Å². The molecule has 0 aromatic heterocycles. The van der Waals surface area contributed by atoms with Gasteiger partial charge < -0.3 is 15.4 Å². The molecule has 0 unspecified atom stereocenters. The number of amides is 1. The van der Waals surface area contributed by atoms with Gasteiger partial charge in [-0.1, -0.05) is 23.8 Å². The molecule has 1 amide bonds. The Hall–Kier alpha value is -1.43. The molecule has 6 heteroatoms. The van der Waals surface area contributed by atoms with Crippen molar-refractivity contribution in [2.24, 2.45) is 0 Å². The molecular formula is C18H24ClFN2O2. The van der Waals surface area contributed by atoms with E-state index in [9.17, 15) is 9.18 Å². The van der Waals surface area contributed by atoms with Crippen LogP contribution in [-0.4, -0.2) is 38.8 Å². The Bertz CT molecular complexity index is 583. The molecule has 2 aliphatic heterocycles. The maximum absolute atomic E-state index is 13.2. The summed E-state index contributed by atoms with van der Waals surface area (Å²) >= 11 is 0. The van der Waals surface area contributed by atoms with Crippen LogP contribution in [0.5, 0.6) is 0 Å². The molecule has 4 nitrogen and oxygen atoms in total. The van der Waals surface area contributed by atoms with Crippen molar-refractivity contribution in [1.29, 1.82) is 0 Å². The molecule has 24 heavy (non-hydrogen) atoms. The third-order valence-corrected chi connectivity index (χ3v) is 4.81. The molecule has 0 radical (unpaired) electrons. The van der Waals surface area contributed by atoms with E-state index in [-0.39, 0.29) is 24.1 Å². The highest BCUT2D eigenvalue weighted by Gasteiger charge is 2.41. The molecule has 2 heterocycles. The molecule has 0 spiro atoms. The second-order valence-electron chi connectivity index (χ2n) is 6.20. The van der Waals surface area contributed by atoms with Crippen LogP contribution in [0.1, 0.15) is 24.8 Å². The Morgan fingerprint density at radius 3 is 2.58 bits per heavy atom. The number of benzene rings is 1. The number of carbonyl (C=O) groups excluding carboxylic acids is 1. The average molecular weight is 355 g/mol. The lowest BCUT2D eigenvalue weighted by atomic mass is 9.73. The molecule has 0 aliphatic carbocycles. The van der Waals surface area contributed by atoms with Crippen molar-refractivity contribution in [3.63, 3.8) is 0 Å². The van der Waals surface area contributed by atoms with Gasteiger partial charge in [0.05, 0.1) is 5.41 Å². The molecule has 1 aromatic rings. The van der Waals surface area contributed by atoms with Gasteiger partial charge >= 0.3 is 0 Å². The van der Waals surface area contributed by atoms with Crippen LogP contribution in [0.15, 0.2) is 35.9 Å². The molecule has 1 aromatic carbocycles. The van der Waals surface area contributed by atoms with E-state index in [1.54, 1.807) is 12.1 Å². The largest absolute Gasteiger partial charge is 0.381 e. The number of halogens is 2. The van der Waals surface area contributed by atoms with Gasteiger partial charge in [0.2, 0.25) is 5.91 Å². The van der Waals surface area contributed by atoms with Crippen LogP contribution < -0.4 is 10.6 Å². The third kappa shape index (κ3) is 4.15. The molecule has 132 valence electrons. The lowest BCUT2D eigenvalue weighted by Gasteiger charge is -2.36. The Morgan fingerprint density at radius 1 is 1.25 bits per heavy atom. The van der Waals surface area contributed by atoms with E-state index in [2.05, 4.69) is 16.7 Å². The summed E-state index contributed by atoms with van der Waals surface area (Å²) < 4.78 is 18.7. The monoisotopic (exact) mass is 354 g/mol. The van der Waals surface area contributed by atoms with Crippen LogP contribution in [0.25, 0.3) is 0 Å². The standard InChI is InChI=1S/C18H23FN2O2.ClH/c19-16-3-1-15(2-4-16)18(7-11-23-12-8-18)17(22)21-13-14-5-9-20-10-6-14;/h1-5,20H,6-13H2,(H,21,22);1H. The van der Waals surface area contributed by atoms with Gasteiger partial charge in [-0.05, 0) is 43.5 Å². The molecule has 1 fully saturated rings. The minimum atomic E-state index is -0.612. The molecule has 3 rings (SSSR count). The lowest BCUT2D eigenvalue weighted by Crippen LogP contribution is -2.48. The van der Waals surface area contributed by atoms with Crippen molar-refractivity contribution in [3.05, 3.63) is 47.3 Å². The van der Waals surface area contributed by atoms with Gasteiger partial charge in [-0.3, -0.25) is 4.79 Å². The lowest BCUT2D eigenvalue weighted by molar-refractivity contribution is -0.130. The van der Waals surface area contributed by atoms with Gasteiger partial charge in [0, 0.05) is 26.3 Å². The van der Waals surface area contributed by atoms with Crippen molar-refractivity contribution in [3.8, 4) is 0 Å². The number of nitrogens with one attached hydrogen (secondary N) is 2. The normalized spacial score (nSPS) is 19.8. The van der Waals surface area contributed by atoms with E-state index in [1.165, 1.54) is 17.7 Å². The fraction of sp³-hybridized carbons (Fsp3) is 0.500. The van der Waals surface area contributed by atoms with Crippen molar-refractivity contribution >= 4 is 18.3 Å². The van der Waals surface area contributed by atoms with Crippen LogP contribution in [0, 0.1) is 5.82 Å². The van der Waals surface area contributed by atoms with Crippen LogP contribution in [0.3, 0.4) is 0 Å². The summed E-state index contributed by atoms with van der Waals surface area (Å²) in [6.07, 6.45) is 4.36. The highest BCUT2D eigenvalue weighted by molar-refractivity contribution is 5.88. The van der Waals surface area contributed by atoms with E-state index in [4.69, 9.17) is 4.74 Å². The maximum Gasteiger partial charge on any atom is 0.231 e. The van der Waals surface area contributed by atoms with Crippen molar-refractivity contribution in [1.82, 2.24) is 10.6 Å². The maximum atomic E-state index is 13.2. The zero-order valence-electron chi connectivity index (χ0n) is 13.6. The predicted molar refractivity (Wildman–Crippen MR) is 94.0 cm³/mol. The van der Waals surface area contributed by atoms with E-state index >= 15 is 0 Å². The molecule has 2 N–H and O–H groups in total. The Morgan fingerprint density at radius 2 is 1.96 bits per heavy atom. The minimum absolute atomic E-state index is 0. The Labute approximate surface area is 148 Å². The van der Waals surface area contributed by atoms with E-state index in [0.29, 0.717) is 32.6 Å². The van der Waals surface area contributed by atoms with E-state index in [0.717, 1.165) is 25.1 Å². The van der Waals surface area contributed by atoms with E-state index in [1.807, 2.05) is 0 Å². The molecule has 1 saturated heterocycles. The van der Waals surface area contributed by atoms with Gasteiger partial charge in [-0.25, -0.2) is 4.39 Å². The van der Waals surface area contributed by atoms with Crippen LogP contribution in [0.4, 0.5) is 4.39 Å². The number of ether oxygens (including phenoxy) is 1. The summed E-state index contributed by atoms with van der Waals surface area (Å²) in [4.78, 5) is 12.9. The fourth-order valence-electron chi connectivity index (χ4n) is 3.33. The van der Waals surface area contributed by atoms with Crippen LogP contribution in [0.2, 0.25) is 0 Å². The number of carbonyl (C=O) groups is 1. The van der Waals surface area contributed by atoms with Gasteiger partial charge in [0.25, 0.3) is 0 Å². The summed E-state index contributed by atoms with van der Waals surface area (Å²) in [5, 5.41) is 6.35. The topological polar surface area (TPSA) is 50.4 Å². The highest BCUT2D eigenvalue weighted by atomic mass is 35.5. The molecular weight excluding hydrogens is 331 g/mol. The summed E-state index contributed by atoms with van der Waals surface area (Å²) in [5.41, 5.74) is 1.52. The number of hydrogen-bond acceptors (Lipinski definition) is 3. The molecule has 0 atom stereocenters. The van der Waals surface area contributed by atoms with Gasteiger partial charge in [-0.15, -0.1) is 12.4 Å². The van der Waals surface area contributed by atoms with Crippen LogP contribution >= 0.6 is 12.4 Å². The Kier molecular flexibility index (Phi) is 6.78. The summed E-state index contributed by atoms with van der Waals surface area (Å²) in [6, 6.07) is 6.30. The zero-order valence-corrected chi connectivity index (χ0v) is 14.5. The van der Waals surface area contributed by atoms with Gasteiger partial charge in [0.15, 0.2) is 0 Å². The molecule has 2 aliphatic rings. The summed E-state index contributed by atoms with van der Waals surface area (Å²) in [7, 11) is 0. The smallest absolute Gasteiger partial charge is 0.231 e. The SMILES string of the molecule is Cl.O=C(NCC1=CCNCC1)C1(c2ccc(F)cc2)CCOCC1. The second kappa shape index (κ2) is 8.60. The van der Waals surface area contributed by atoms with E-state index < -0.39 is 5.41 Å². The highest BCUT2D eigenvalue weighted by Crippen LogP contribution is 2.35. The second-order valence-corrected chi connectivity index (χ2v) is 6.20. The van der Waals surface area contributed by atoms with Crippen molar-refractivity contribution in [2.45, 2.75) is 24.7 Å². The predicted octanol–water partition coefficient (Wildman–Crippen LogP) is 2.33. The summed E-state index contributed by atoms with van der Waals surface area (Å²) in [6.45, 7) is 3.51. The number of hydrogen-bond donors (Lipinski definition) is 2. The number of rotatable bonds is 4. The first-order valence-electron chi connectivity index (χ1n) is 8.21. The Balaban J connectivity index is 0.00000208. The first kappa shape index (κ1) is 18.9. The molecule has 0 saturated carbocycles.